The first-order chi connectivity index (χ1) is 12.8. The third kappa shape index (κ3) is 4.36. The predicted octanol–water partition coefficient (Wildman–Crippen LogP) is 2.02. The summed E-state index contributed by atoms with van der Waals surface area (Å²) in [6, 6.07) is 7.16. The van der Waals surface area contributed by atoms with Crippen LogP contribution in [-0.4, -0.2) is 56.3 Å². The van der Waals surface area contributed by atoms with Gasteiger partial charge >= 0.3 is 0 Å². The van der Waals surface area contributed by atoms with Gasteiger partial charge in [0.15, 0.2) is 0 Å². The van der Waals surface area contributed by atoms with Crippen molar-refractivity contribution in [3.05, 3.63) is 29.8 Å². The van der Waals surface area contributed by atoms with Crippen LogP contribution in [0.3, 0.4) is 0 Å². The molecule has 1 atom stereocenters. The maximum Gasteiger partial charge on any atom is 0.243 e. The highest BCUT2D eigenvalue weighted by molar-refractivity contribution is 7.89. The highest BCUT2D eigenvalue weighted by atomic mass is 32.2. The average molecular weight is 394 g/mol. The molecule has 3 rings (SSSR count). The van der Waals surface area contributed by atoms with Crippen LogP contribution in [0.4, 0.5) is 0 Å². The molecule has 0 aromatic heterocycles. The minimum Gasteiger partial charge on any atom is -0.342 e. The number of hydrogen-bond acceptors (Lipinski definition) is 4. The summed E-state index contributed by atoms with van der Waals surface area (Å²) in [4.78, 5) is 15.0. The number of amides is 1. The highest BCUT2D eigenvalue weighted by Gasteiger charge is 2.35. The lowest BCUT2D eigenvalue weighted by Gasteiger charge is -2.32. The Balaban J connectivity index is 1.60. The van der Waals surface area contributed by atoms with E-state index in [1.54, 1.807) is 12.1 Å². The van der Waals surface area contributed by atoms with Crippen molar-refractivity contribution in [3.63, 3.8) is 0 Å². The van der Waals surface area contributed by atoms with E-state index in [1.807, 2.05) is 17.0 Å². The van der Waals surface area contributed by atoms with Gasteiger partial charge in [0, 0.05) is 32.1 Å². The van der Waals surface area contributed by atoms with Crippen LogP contribution in [0.15, 0.2) is 29.2 Å². The molecule has 2 aliphatic heterocycles. The minimum absolute atomic E-state index is 0.0729. The van der Waals surface area contributed by atoms with Gasteiger partial charge in [-0.3, -0.25) is 4.79 Å². The van der Waals surface area contributed by atoms with E-state index in [4.69, 9.17) is 5.73 Å². The Morgan fingerprint density at radius 3 is 2.26 bits per heavy atom. The Morgan fingerprint density at radius 1 is 1.11 bits per heavy atom. The van der Waals surface area contributed by atoms with Gasteiger partial charge in [-0.25, -0.2) is 8.42 Å². The Morgan fingerprint density at radius 2 is 1.74 bits per heavy atom. The Kier molecular flexibility index (Phi) is 6.23. The second kappa shape index (κ2) is 8.29. The molecule has 1 amide bonds. The van der Waals surface area contributed by atoms with Crippen LogP contribution in [-0.2, 0) is 14.8 Å². The van der Waals surface area contributed by atoms with E-state index in [0.717, 1.165) is 25.1 Å². The quantitative estimate of drug-likeness (QED) is 0.829. The second-order valence-corrected chi connectivity index (χ2v) is 10.0. The maximum absolute atomic E-state index is 12.9. The Bertz CT molecular complexity index is 753. The predicted molar refractivity (Wildman–Crippen MR) is 106 cm³/mol. The van der Waals surface area contributed by atoms with Gasteiger partial charge in [-0.15, -0.1) is 0 Å². The van der Waals surface area contributed by atoms with Crippen LogP contribution in [0.1, 0.15) is 44.6 Å². The number of nitrogens with two attached hydrogens (primary N) is 1. The van der Waals surface area contributed by atoms with E-state index in [2.05, 4.69) is 13.8 Å². The molecule has 0 bridgehead atoms. The van der Waals surface area contributed by atoms with E-state index in [9.17, 15) is 13.2 Å². The number of benzene rings is 1. The van der Waals surface area contributed by atoms with Crippen molar-refractivity contribution in [2.45, 2.75) is 43.9 Å². The molecule has 150 valence electrons. The molecular formula is C20H31N3O3S. The van der Waals surface area contributed by atoms with Crippen molar-refractivity contribution in [1.29, 1.82) is 0 Å². The zero-order valence-electron chi connectivity index (χ0n) is 16.3. The summed E-state index contributed by atoms with van der Waals surface area (Å²) in [6.07, 6.45) is 2.15. The van der Waals surface area contributed by atoms with Crippen LogP contribution < -0.4 is 5.73 Å². The first-order valence-electron chi connectivity index (χ1n) is 9.92. The molecule has 0 spiro atoms. The van der Waals surface area contributed by atoms with Gasteiger partial charge in [-0.05, 0) is 55.3 Å². The standard InChI is InChI=1S/C20H31N3O3S/c1-15(2)17-3-5-19(6-4-17)27(25,26)23-11-8-18(9-12-23)20(24)22-10-7-16(13-21)14-22/h3-6,15-16,18H,7-14,21H2,1-2H3. The molecule has 2 N–H and O–H groups in total. The summed E-state index contributed by atoms with van der Waals surface area (Å²) in [7, 11) is -3.49. The van der Waals surface area contributed by atoms with Crippen LogP contribution in [0.25, 0.3) is 0 Å². The first-order valence-corrected chi connectivity index (χ1v) is 11.4. The maximum atomic E-state index is 12.9. The molecular weight excluding hydrogens is 362 g/mol. The Labute approximate surface area is 162 Å². The third-order valence-corrected chi connectivity index (χ3v) is 7.83. The van der Waals surface area contributed by atoms with E-state index >= 15 is 0 Å². The van der Waals surface area contributed by atoms with Gasteiger partial charge in [0.1, 0.15) is 0 Å². The molecule has 1 aromatic rings. The molecule has 2 fully saturated rings. The number of carbonyl (C=O) groups is 1. The van der Waals surface area contributed by atoms with Crippen LogP contribution >= 0.6 is 0 Å². The molecule has 1 aromatic carbocycles. The summed E-state index contributed by atoms with van der Waals surface area (Å²) >= 11 is 0. The summed E-state index contributed by atoms with van der Waals surface area (Å²) in [6.45, 7) is 7.12. The largest absolute Gasteiger partial charge is 0.342 e. The van der Waals surface area contributed by atoms with Crippen molar-refractivity contribution < 1.29 is 13.2 Å². The fourth-order valence-electron chi connectivity index (χ4n) is 4.00. The van der Waals surface area contributed by atoms with E-state index in [0.29, 0.717) is 49.2 Å². The number of rotatable bonds is 5. The normalized spacial score (nSPS) is 22.5. The Hall–Kier alpha value is -1.44. The molecule has 0 saturated carbocycles. The molecule has 2 aliphatic rings. The fourth-order valence-corrected chi connectivity index (χ4v) is 5.47. The van der Waals surface area contributed by atoms with E-state index in [1.165, 1.54) is 4.31 Å². The van der Waals surface area contributed by atoms with Crippen LogP contribution in [0.2, 0.25) is 0 Å². The van der Waals surface area contributed by atoms with Crippen molar-refractivity contribution in [3.8, 4) is 0 Å². The monoisotopic (exact) mass is 393 g/mol. The van der Waals surface area contributed by atoms with Crippen LogP contribution in [0, 0.1) is 11.8 Å². The highest BCUT2D eigenvalue weighted by Crippen LogP contribution is 2.27. The molecule has 0 aliphatic carbocycles. The topological polar surface area (TPSA) is 83.7 Å². The number of nitrogens with zero attached hydrogens (tertiary/aromatic N) is 2. The molecule has 0 radical (unpaired) electrons. The van der Waals surface area contributed by atoms with Gasteiger partial charge in [0.05, 0.1) is 4.90 Å². The van der Waals surface area contributed by atoms with Crippen LogP contribution in [0.5, 0.6) is 0 Å². The van der Waals surface area contributed by atoms with Gasteiger partial charge in [0.25, 0.3) is 0 Å². The fraction of sp³-hybridized carbons (Fsp3) is 0.650. The molecule has 6 nitrogen and oxygen atoms in total. The van der Waals surface area contributed by atoms with Gasteiger partial charge in [-0.2, -0.15) is 4.31 Å². The number of piperidine rings is 1. The van der Waals surface area contributed by atoms with E-state index in [-0.39, 0.29) is 11.8 Å². The van der Waals surface area contributed by atoms with Crippen molar-refractivity contribution in [2.75, 3.05) is 32.7 Å². The minimum atomic E-state index is -3.49. The molecule has 7 heteroatoms. The number of hydrogen-bond donors (Lipinski definition) is 1. The summed E-state index contributed by atoms with van der Waals surface area (Å²) in [5, 5.41) is 0. The molecule has 1 unspecified atom stereocenters. The average Bonchev–Trinajstić information content (AvgIpc) is 3.17. The summed E-state index contributed by atoms with van der Waals surface area (Å²) in [5.74, 6) is 0.872. The van der Waals surface area contributed by atoms with Gasteiger partial charge < -0.3 is 10.6 Å². The summed E-state index contributed by atoms with van der Waals surface area (Å²) in [5.41, 5.74) is 6.84. The van der Waals surface area contributed by atoms with Crippen molar-refractivity contribution in [1.82, 2.24) is 9.21 Å². The molecule has 2 heterocycles. The number of likely N-dealkylation sites (tertiary alicyclic amines) is 1. The zero-order chi connectivity index (χ0) is 19.6. The lowest BCUT2D eigenvalue weighted by Crippen LogP contribution is -2.44. The summed E-state index contributed by atoms with van der Waals surface area (Å²) < 4.78 is 27.3. The zero-order valence-corrected chi connectivity index (χ0v) is 17.1. The van der Waals surface area contributed by atoms with E-state index < -0.39 is 10.0 Å². The number of sulfonamides is 1. The van der Waals surface area contributed by atoms with Gasteiger partial charge in [0.2, 0.25) is 15.9 Å². The van der Waals surface area contributed by atoms with Crippen molar-refractivity contribution in [2.24, 2.45) is 17.6 Å². The SMILES string of the molecule is CC(C)c1ccc(S(=O)(=O)N2CCC(C(=O)N3CCC(CN)C3)CC2)cc1. The smallest absolute Gasteiger partial charge is 0.243 e. The lowest BCUT2D eigenvalue weighted by atomic mass is 9.96. The lowest BCUT2D eigenvalue weighted by molar-refractivity contribution is -0.135. The third-order valence-electron chi connectivity index (χ3n) is 5.92. The number of carbonyl (C=O) groups excluding carboxylic acids is 1. The first kappa shape index (κ1) is 20.3. The molecule has 27 heavy (non-hydrogen) atoms. The second-order valence-electron chi connectivity index (χ2n) is 8.08. The van der Waals surface area contributed by atoms with Crippen molar-refractivity contribution >= 4 is 15.9 Å². The van der Waals surface area contributed by atoms with Gasteiger partial charge in [-0.1, -0.05) is 26.0 Å². The molecule has 2 saturated heterocycles.